The molecule has 0 heterocycles. The Bertz CT molecular complexity index is 876. The summed E-state index contributed by atoms with van der Waals surface area (Å²) in [5.41, 5.74) is 0.876. The van der Waals surface area contributed by atoms with Crippen LogP contribution in [-0.2, 0) is 9.84 Å². The van der Waals surface area contributed by atoms with Gasteiger partial charge in [0.2, 0.25) is 0 Å². The zero-order valence-corrected chi connectivity index (χ0v) is 14.2. The summed E-state index contributed by atoms with van der Waals surface area (Å²) in [5.74, 6) is -0.797. The number of hydrogen-bond donors (Lipinski definition) is 2. The van der Waals surface area contributed by atoms with E-state index in [1.165, 1.54) is 18.2 Å². The second-order valence-electron chi connectivity index (χ2n) is 5.16. The maximum absolute atomic E-state index is 12.4. The Kier molecular flexibility index (Phi) is 5.35. The summed E-state index contributed by atoms with van der Waals surface area (Å²) in [4.78, 5) is 24.2. The number of nitrogens with one attached hydrogen (secondary N) is 2. The van der Waals surface area contributed by atoms with E-state index in [1.807, 2.05) is 6.92 Å². The zero-order chi connectivity index (χ0) is 17.7. The Morgan fingerprint density at radius 1 is 1.00 bits per heavy atom. The molecule has 0 atom stereocenters. The van der Waals surface area contributed by atoms with Crippen molar-refractivity contribution in [1.82, 2.24) is 5.32 Å². The molecule has 0 spiro atoms. The number of hydrogen-bond acceptors (Lipinski definition) is 4. The van der Waals surface area contributed by atoms with Crippen LogP contribution >= 0.6 is 0 Å². The lowest BCUT2D eigenvalue weighted by Crippen LogP contribution is -2.23. The molecule has 24 heavy (non-hydrogen) atoms. The van der Waals surface area contributed by atoms with Gasteiger partial charge in [0.1, 0.15) is 0 Å². The first kappa shape index (κ1) is 17.7. The summed E-state index contributed by atoms with van der Waals surface area (Å²) < 4.78 is 23.6. The van der Waals surface area contributed by atoms with Crippen molar-refractivity contribution < 1.29 is 18.0 Å². The van der Waals surface area contributed by atoms with Gasteiger partial charge in [-0.15, -0.1) is 0 Å². The van der Waals surface area contributed by atoms with E-state index in [0.29, 0.717) is 17.8 Å². The van der Waals surface area contributed by atoms with Crippen molar-refractivity contribution in [3.63, 3.8) is 0 Å². The van der Waals surface area contributed by atoms with Crippen molar-refractivity contribution >= 4 is 27.3 Å². The molecule has 2 amide bonds. The van der Waals surface area contributed by atoms with Gasteiger partial charge in [-0.05, 0) is 37.3 Å². The largest absolute Gasteiger partial charge is 0.352 e. The lowest BCUT2D eigenvalue weighted by Gasteiger charge is -2.10. The van der Waals surface area contributed by atoms with Gasteiger partial charge in [-0.1, -0.05) is 18.2 Å². The fourth-order valence-electron chi connectivity index (χ4n) is 2.18. The lowest BCUT2D eigenvalue weighted by atomic mass is 10.1. The van der Waals surface area contributed by atoms with Gasteiger partial charge in [0.25, 0.3) is 11.8 Å². The van der Waals surface area contributed by atoms with Gasteiger partial charge in [0.05, 0.1) is 10.5 Å². The summed E-state index contributed by atoms with van der Waals surface area (Å²) in [6, 6.07) is 12.4. The summed E-state index contributed by atoms with van der Waals surface area (Å²) >= 11 is 0. The molecule has 0 aromatic heterocycles. The molecule has 126 valence electrons. The first-order valence-corrected chi connectivity index (χ1v) is 9.20. The van der Waals surface area contributed by atoms with Crippen LogP contribution in [0.5, 0.6) is 0 Å². The minimum absolute atomic E-state index is 0.0395. The smallest absolute Gasteiger partial charge is 0.256 e. The lowest BCUT2D eigenvalue weighted by molar-refractivity contribution is 0.0954. The van der Waals surface area contributed by atoms with Crippen LogP contribution in [0.3, 0.4) is 0 Å². The van der Waals surface area contributed by atoms with Crippen molar-refractivity contribution in [1.29, 1.82) is 0 Å². The highest BCUT2D eigenvalue weighted by molar-refractivity contribution is 7.90. The molecular weight excluding hydrogens is 328 g/mol. The summed E-state index contributed by atoms with van der Waals surface area (Å²) in [7, 11) is -3.52. The van der Waals surface area contributed by atoms with Crippen LogP contribution in [0.4, 0.5) is 5.69 Å². The molecular formula is C17H18N2O4S. The third kappa shape index (κ3) is 4.20. The molecule has 2 rings (SSSR count). The quantitative estimate of drug-likeness (QED) is 0.867. The van der Waals surface area contributed by atoms with E-state index in [9.17, 15) is 18.0 Å². The number of amides is 2. The van der Waals surface area contributed by atoms with Crippen molar-refractivity contribution in [2.45, 2.75) is 11.8 Å². The van der Waals surface area contributed by atoms with Crippen molar-refractivity contribution in [2.75, 3.05) is 18.1 Å². The second-order valence-corrected chi connectivity index (χ2v) is 7.15. The normalized spacial score (nSPS) is 10.9. The third-order valence-electron chi connectivity index (χ3n) is 3.25. The van der Waals surface area contributed by atoms with E-state index in [-0.39, 0.29) is 16.4 Å². The molecule has 7 heteroatoms. The maximum atomic E-state index is 12.4. The predicted octanol–water partition coefficient (Wildman–Crippen LogP) is 2.09. The van der Waals surface area contributed by atoms with Crippen molar-refractivity contribution in [3.8, 4) is 0 Å². The van der Waals surface area contributed by atoms with Crippen LogP contribution in [0.15, 0.2) is 53.4 Å². The Morgan fingerprint density at radius 3 is 2.38 bits per heavy atom. The minimum Gasteiger partial charge on any atom is -0.352 e. The number of benzene rings is 2. The molecule has 0 fully saturated rings. The topological polar surface area (TPSA) is 92.3 Å². The third-order valence-corrected chi connectivity index (χ3v) is 4.41. The number of carbonyl (C=O) groups excluding carboxylic acids is 2. The van der Waals surface area contributed by atoms with Crippen LogP contribution in [0.1, 0.15) is 27.6 Å². The molecule has 6 nitrogen and oxygen atoms in total. The minimum atomic E-state index is -3.52. The Hall–Kier alpha value is -2.67. The van der Waals surface area contributed by atoms with Gasteiger partial charge >= 0.3 is 0 Å². The Balaban J connectivity index is 2.29. The van der Waals surface area contributed by atoms with Crippen LogP contribution in [-0.4, -0.2) is 33.0 Å². The molecule has 2 N–H and O–H groups in total. The van der Waals surface area contributed by atoms with E-state index in [1.54, 1.807) is 30.3 Å². The molecule has 0 aliphatic heterocycles. The van der Waals surface area contributed by atoms with Crippen LogP contribution < -0.4 is 10.6 Å². The molecule has 2 aromatic carbocycles. The fraction of sp³-hybridized carbons (Fsp3) is 0.176. The van der Waals surface area contributed by atoms with Crippen LogP contribution in [0.25, 0.3) is 0 Å². The standard InChI is InChI=1S/C17H18N2O4S/c1-3-18-16(20)12-7-6-8-13(11-12)19-17(21)14-9-4-5-10-15(14)24(2,22)23/h4-11H,3H2,1-2H3,(H,18,20)(H,19,21). The van der Waals surface area contributed by atoms with Crippen LogP contribution in [0.2, 0.25) is 0 Å². The molecule has 0 aliphatic carbocycles. The number of rotatable bonds is 5. The van der Waals surface area contributed by atoms with E-state index < -0.39 is 15.7 Å². The van der Waals surface area contributed by atoms with Gasteiger partial charge in [-0.3, -0.25) is 9.59 Å². The number of anilines is 1. The Morgan fingerprint density at radius 2 is 1.71 bits per heavy atom. The van der Waals surface area contributed by atoms with Gasteiger partial charge in [0.15, 0.2) is 9.84 Å². The summed E-state index contributed by atoms with van der Waals surface area (Å²) in [6.07, 6.45) is 1.05. The second kappa shape index (κ2) is 7.27. The molecule has 2 aromatic rings. The monoisotopic (exact) mass is 346 g/mol. The molecule has 0 bridgehead atoms. The highest BCUT2D eigenvalue weighted by Gasteiger charge is 2.18. The summed E-state index contributed by atoms with van der Waals surface area (Å²) in [5, 5.41) is 5.30. The fourth-order valence-corrected chi connectivity index (χ4v) is 3.06. The van der Waals surface area contributed by atoms with E-state index in [4.69, 9.17) is 0 Å². The SMILES string of the molecule is CCNC(=O)c1cccc(NC(=O)c2ccccc2S(C)(=O)=O)c1. The summed E-state index contributed by atoms with van der Waals surface area (Å²) in [6.45, 7) is 2.31. The average molecular weight is 346 g/mol. The number of carbonyl (C=O) groups is 2. The predicted molar refractivity (Wildman–Crippen MR) is 92.0 cm³/mol. The van der Waals surface area contributed by atoms with E-state index in [2.05, 4.69) is 10.6 Å². The molecule has 0 aliphatic rings. The molecule has 0 saturated heterocycles. The van der Waals surface area contributed by atoms with E-state index in [0.717, 1.165) is 6.26 Å². The average Bonchev–Trinajstić information content (AvgIpc) is 2.54. The Labute approximate surface area is 140 Å². The zero-order valence-electron chi connectivity index (χ0n) is 13.4. The highest BCUT2D eigenvalue weighted by atomic mass is 32.2. The molecule has 0 unspecified atom stereocenters. The van der Waals surface area contributed by atoms with Crippen molar-refractivity contribution in [2.24, 2.45) is 0 Å². The van der Waals surface area contributed by atoms with Gasteiger partial charge < -0.3 is 10.6 Å². The van der Waals surface area contributed by atoms with Crippen molar-refractivity contribution in [3.05, 3.63) is 59.7 Å². The van der Waals surface area contributed by atoms with E-state index >= 15 is 0 Å². The molecule has 0 saturated carbocycles. The van der Waals surface area contributed by atoms with Gasteiger partial charge in [0, 0.05) is 24.1 Å². The van der Waals surface area contributed by atoms with Crippen LogP contribution in [0, 0.1) is 0 Å². The molecule has 0 radical (unpaired) electrons. The first-order valence-electron chi connectivity index (χ1n) is 7.31. The highest BCUT2D eigenvalue weighted by Crippen LogP contribution is 2.18. The maximum Gasteiger partial charge on any atom is 0.256 e. The van der Waals surface area contributed by atoms with Gasteiger partial charge in [-0.25, -0.2) is 8.42 Å². The first-order chi connectivity index (χ1) is 11.3. The van der Waals surface area contributed by atoms with Gasteiger partial charge in [-0.2, -0.15) is 0 Å². The number of sulfone groups is 1.